The predicted molar refractivity (Wildman–Crippen MR) is 117 cm³/mol. The lowest BCUT2D eigenvalue weighted by molar-refractivity contribution is 0.103. The third-order valence-electron chi connectivity index (χ3n) is 5.62. The zero-order valence-electron chi connectivity index (χ0n) is 15.8. The Morgan fingerprint density at radius 2 is 1.73 bits per heavy atom. The van der Waals surface area contributed by atoms with E-state index in [1.54, 1.807) is 37.3 Å². The lowest BCUT2D eigenvalue weighted by atomic mass is 9.81. The highest BCUT2D eigenvalue weighted by atomic mass is 35.5. The van der Waals surface area contributed by atoms with Gasteiger partial charge in [0.25, 0.3) is 5.56 Å². The lowest BCUT2D eigenvalue weighted by Crippen LogP contribution is -2.38. The summed E-state index contributed by atoms with van der Waals surface area (Å²) in [5, 5.41) is 3.79. The summed E-state index contributed by atoms with van der Waals surface area (Å²) in [6.45, 7) is 2.14. The number of benzene rings is 2. The van der Waals surface area contributed by atoms with E-state index >= 15 is 0 Å². The number of nitrogens with one attached hydrogen (secondary N) is 2. The number of ketones is 1. The average molecular weight is 440 g/mol. The molecule has 2 heterocycles. The highest BCUT2D eigenvalue weighted by Crippen LogP contribution is 2.49. The minimum Gasteiger partial charge on any atom is -0.340 e. The monoisotopic (exact) mass is 439 g/mol. The van der Waals surface area contributed by atoms with Gasteiger partial charge in [-0.25, -0.2) is 4.79 Å². The lowest BCUT2D eigenvalue weighted by Gasteiger charge is -2.30. The Balaban J connectivity index is 1.91. The van der Waals surface area contributed by atoms with E-state index in [4.69, 9.17) is 23.2 Å². The maximum atomic E-state index is 13.4. The molecule has 1 aliphatic heterocycles. The van der Waals surface area contributed by atoms with E-state index in [9.17, 15) is 14.4 Å². The number of allylic oxidation sites excluding steroid dienone is 1. The third kappa shape index (κ3) is 2.47. The number of halogens is 2. The second kappa shape index (κ2) is 6.72. The van der Waals surface area contributed by atoms with Gasteiger partial charge in [0.2, 0.25) is 0 Å². The SMILES string of the molecule is CCn1c2c(c(=O)[nH]c1=O)[C@H](c1cccc(Cl)c1Cl)C1=C(N2)c2ccccc2C1=O. The molecule has 0 bridgehead atoms. The Morgan fingerprint density at radius 1 is 1.00 bits per heavy atom. The van der Waals surface area contributed by atoms with Crippen molar-refractivity contribution >= 4 is 40.5 Å². The van der Waals surface area contributed by atoms with Crippen molar-refractivity contribution in [3.8, 4) is 0 Å². The van der Waals surface area contributed by atoms with Crippen LogP contribution >= 0.6 is 23.2 Å². The zero-order chi connectivity index (χ0) is 21.2. The Kier molecular flexibility index (Phi) is 4.24. The van der Waals surface area contributed by atoms with Gasteiger partial charge < -0.3 is 5.32 Å². The van der Waals surface area contributed by atoms with Gasteiger partial charge in [-0.15, -0.1) is 0 Å². The first kappa shape index (κ1) is 18.9. The molecule has 0 amide bonds. The van der Waals surface area contributed by atoms with Crippen LogP contribution in [0.5, 0.6) is 0 Å². The second-order valence-corrected chi connectivity index (χ2v) is 7.92. The molecule has 5 rings (SSSR count). The number of H-pyrrole nitrogens is 1. The van der Waals surface area contributed by atoms with Crippen molar-refractivity contribution in [1.82, 2.24) is 9.55 Å². The van der Waals surface area contributed by atoms with Crippen LogP contribution in [0.15, 0.2) is 57.6 Å². The number of aromatic amines is 1. The van der Waals surface area contributed by atoms with Crippen LogP contribution in [0.2, 0.25) is 10.0 Å². The molecule has 2 aromatic carbocycles. The maximum absolute atomic E-state index is 13.4. The summed E-state index contributed by atoms with van der Waals surface area (Å²) >= 11 is 12.8. The first-order valence-electron chi connectivity index (χ1n) is 9.40. The average Bonchev–Trinajstić information content (AvgIpc) is 3.01. The molecule has 30 heavy (non-hydrogen) atoms. The minimum absolute atomic E-state index is 0.187. The number of hydrogen-bond acceptors (Lipinski definition) is 4. The quantitative estimate of drug-likeness (QED) is 0.631. The van der Waals surface area contributed by atoms with Crippen molar-refractivity contribution in [2.45, 2.75) is 19.4 Å². The van der Waals surface area contributed by atoms with Gasteiger partial charge in [0.1, 0.15) is 5.82 Å². The minimum atomic E-state index is -0.774. The van der Waals surface area contributed by atoms with Crippen molar-refractivity contribution in [3.05, 3.63) is 101 Å². The smallest absolute Gasteiger partial charge is 0.329 e. The van der Waals surface area contributed by atoms with Crippen molar-refractivity contribution in [2.75, 3.05) is 5.32 Å². The maximum Gasteiger partial charge on any atom is 0.329 e. The van der Waals surface area contributed by atoms with Crippen LogP contribution in [-0.2, 0) is 6.54 Å². The van der Waals surface area contributed by atoms with Gasteiger partial charge >= 0.3 is 5.69 Å². The number of fused-ring (bicyclic) bond motifs is 3. The van der Waals surface area contributed by atoms with Gasteiger partial charge in [0.05, 0.1) is 27.2 Å². The molecule has 0 fully saturated rings. The van der Waals surface area contributed by atoms with Crippen LogP contribution in [-0.4, -0.2) is 15.3 Å². The van der Waals surface area contributed by atoms with E-state index in [0.717, 1.165) is 5.56 Å². The number of rotatable bonds is 2. The summed E-state index contributed by atoms with van der Waals surface area (Å²) in [6, 6.07) is 12.3. The second-order valence-electron chi connectivity index (χ2n) is 7.13. The van der Waals surface area contributed by atoms with Crippen molar-refractivity contribution < 1.29 is 4.79 Å². The van der Waals surface area contributed by atoms with E-state index < -0.39 is 17.2 Å². The fourth-order valence-electron chi connectivity index (χ4n) is 4.32. The molecule has 1 aromatic heterocycles. The molecule has 0 unspecified atom stereocenters. The summed E-state index contributed by atoms with van der Waals surface area (Å²) < 4.78 is 1.44. The van der Waals surface area contributed by atoms with Crippen LogP contribution in [0.25, 0.3) is 5.70 Å². The molecule has 0 spiro atoms. The van der Waals surface area contributed by atoms with Gasteiger partial charge in [-0.1, -0.05) is 59.6 Å². The van der Waals surface area contributed by atoms with Crippen molar-refractivity contribution in [1.29, 1.82) is 0 Å². The third-order valence-corrected chi connectivity index (χ3v) is 6.45. The van der Waals surface area contributed by atoms with Crippen molar-refractivity contribution in [3.63, 3.8) is 0 Å². The summed E-state index contributed by atoms with van der Waals surface area (Å²) in [5.74, 6) is -0.603. The predicted octanol–water partition coefficient (Wildman–Crippen LogP) is 4.03. The highest BCUT2D eigenvalue weighted by molar-refractivity contribution is 6.42. The Hall–Kier alpha value is -3.09. The largest absolute Gasteiger partial charge is 0.340 e. The highest BCUT2D eigenvalue weighted by Gasteiger charge is 2.43. The Labute approximate surface area is 180 Å². The molecule has 1 atom stereocenters. The van der Waals surface area contributed by atoms with E-state index in [0.29, 0.717) is 39.8 Å². The molecule has 2 aliphatic rings. The molecular formula is C22H15Cl2N3O3. The topological polar surface area (TPSA) is 84.0 Å². The summed E-state index contributed by atoms with van der Waals surface area (Å²) in [6.07, 6.45) is 0. The molecule has 1 aliphatic carbocycles. The van der Waals surface area contributed by atoms with E-state index in [1.807, 2.05) is 12.1 Å². The Bertz CT molecular complexity index is 1400. The molecule has 6 nitrogen and oxygen atoms in total. The van der Waals surface area contributed by atoms with Gasteiger partial charge in [-0.2, -0.15) is 0 Å². The summed E-state index contributed by atoms with van der Waals surface area (Å²) in [7, 11) is 0. The number of hydrogen-bond donors (Lipinski definition) is 2. The zero-order valence-corrected chi connectivity index (χ0v) is 17.3. The van der Waals surface area contributed by atoms with Crippen LogP contribution < -0.4 is 16.6 Å². The molecule has 0 saturated carbocycles. The molecule has 2 N–H and O–H groups in total. The number of carbonyl (C=O) groups is 1. The first-order valence-corrected chi connectivity index (χ1v) is 10.2. The van der Waals surface area contributed by atoms with Crippen LogP contribution in [0, 0.1) is 0 Å². The fourth-order valence-corrected chi connectivity index (χ4v) is 4.74. The van der Waals surface area contributed by atoms with E-state index in [1.165, 1.54) is 4.57 Å². The van der Waals surface area contributed by atoms with E-state index in [2.05, 4.69) is 10.3 Å². The summed E-state index contributed by atoms with van der Waals surface area (Å²) in [4.78, 5) is 41.2. The number of nitrogens with zero attached hydrogens (tertiary/aromatic N) is 1. The number of Topliss-reactive ketones (excluding diaryl/α,β-unsaturated/α-hetero) is 1. The van der Waals surface area contributed by atoms with Crippen LogP contribution in [0.4, 0.5) is 5.82 Å². The molecule has 3 aromatic rings. The number of anilines is 1. The van der Waals surface area contributed by atoms with Gasteiger partial charge in [0, 0.05) is 23.2 Å². The van der Waals surface area contributed by atoms with E-state index in [-0.39, 0.29) is 16.4 Å². The molecule has 0 radical (unpaired) electrons. The molecule has 150 valence electrons. The summed E-state index contributed by atoms with van der Waals surface area (Å²) in [5.41, 5.74) is 1.97. The Morgan fingerprint density at radius 3 is 2.47 bits per heavy atom. The van der Waals surface area contributed by atoms with Gasteiger partial charge in [-0.05, 0) is 18.6 Å². The van der Waals surface area contributed by atoms with Crippen LogP contribution in [0.3, 0.4) is 0 Å². The fraction of sp³-hybridized carbons (Fsp3) is 0.136. The molecule has 0 saturated heterocycles. The standard InChI is InChI=1S/C22H15Cl2N3O3/c1-2-27-20-16(21(29)26-22(27)30)14(12-8-5-9-13(23)17(12)24)15-18(25-20)10-6-3-4-7-11(10)19(15)28/h3-9,14,25H,2H2,1H3,(H,26,29,30)/t14-/m1/s1. The normalized spacial score (nSPS) is 16.8. The molecular weight excluding hydrogens is 425 g/mol. The number of aromatic nitrogens is 2. The van der Waals surface area contributed by atoms with Gasteiger partial charge in [0.15, 0.2) is 5.78 Å². The van der Waals surface area contributed by atoms with Crippen molar-refractivity contribution in [2.24, 2.45) is 0 Å². The number of carbonyl (C=O) groups excluding carboxylic acids is 1. The first-order chi connectivity index (χ1) is 14.4. The molecule has 8 heteroatoms. The van der Waals surface area contributed by atoms with Crippen LogP contribution in [0.1, 0.15) is 39.9 Å². The van der Waals surface area contributed by atoms with Gasteiger partial charge in [-0.3, -0.25) is 19.1 Å².